The Kier molecular flexibility index (Phi) is 4.94. The summed E-state index contributed by atoms with van der Waals surface area (Å²) in [4.78, 5) is 0. The van der Waals surface area contributed by atoms with Gasteiger partial charge < -0.3 is 0 Å². The summed E-state index contributed by atoms with van der Waals surface area (Å²) in [5, 5.41) is 0. The molecular formula is C20H32. The van der Waals surface area contributed by atoms with Gasteiger partial charge in [-0.2, -0.15) is 0 Å². The van der Waals surface area contributed by atoms with Crippen molar-refractivity contribution in [3.05, 3.63) is 35.5 Å². The van der Waals surface area contributed by atoms with E-state index in [2.05, 4.69) is 46.4 Å². The van der Waals surface area contributed by atoms with Gasteiger partial charge in [-0.05, 0) is 83.0 Å². The molecule has 0 aromatic carbocycles. The van der Waals surface area contributed by atoms with Crippen molar-refractivity contribution in [2.24, 2.45) is 17.3 Å². The zero-order valence-electron chi connectivity index (χ0n) is 14.0. The molecule has 2 aliphatic carbocycles. The van der Waals surface area contributed by atoms with E-state index in [9.17, 15) is 0 Å². The third kappa shape index (κ3) is 3.45. The molecule has 0 saturated heterocycles. The Hall–Kier alpha value is -0.780. The molecule has 0 unspecified atom stereocenters. The molecule has 0 bridgehead atoms. The summed E-state index contributed by atoms with van der Waals surface area (Å²) >= 11 is 0. The van der Waals surface area contributed by atoms with Crippen LogP contribution in [0, 0.1) is 17.3 Å². The summed E-state index contributed by atoms with van der Waals surface area (Å²) in [6.07, 6.45) is 14.1. The van der Waals surface area contributed by atoms with E-state index in [0.29, 0.717) is 5.41 Å². The molecule has 0 amide bonds. The first kappa shape index (κ1) is 15.6. The molecule has 0 heteroatoms. The Morgan fingerprint density at radius 3 is 2.55 bits per heavy atom. The third-order valence-electron chi connectivity index (χ3n) is 5.84. The second-order valence-corrected chi connectivity index (χ2v) is 7.63. The topological polar surface area (TPSA) is 0 Å². The molecule has 0 aromatic rings. The summed E-state index contributed by atoms with van der Waals surface area (Å²) in [5.41, 5.74) is 5.08. The van der Waals surface area contributed by atoms with E-state index >= 15 is 0 Å². The van der Waals surface area contributed by atoms with Crippen LogP contribution in [0.5, 0.6) is 0 Å². The van der Waals surface area contributed by atoms with Gasteiger partial charge in [0.1, 0.15) is 0 Å². The molecule has 0 N–H and O–H groups in total. The minimum atomic E-state index is 0.496. The lowest BCUT2D eigenvalue weighted by molar-refractivity contribution is 0.195. The quantitative estimate of drug-likeness (QED) is 0.481. The van der Waals surface area contributed by atoms with Crippen LogP contribution in [0.2, 0.25) is 0 Å². The van der Waals surface area contributed by atoms with E-state index in [1.165, 1.54) is 50.5 Å². The van der Waals surface area contributed by atoms with Crippen molar-refractivity contribution in [3.63, 3.8) is 0 Å². The SMILES string of the molecule is C=C(C)[C@H]1CC[C@]2(C)C/C=C(/C)CC/C=C(/C)CC[C@H]12. The minimum Gasteiger partial charge on any atom is -0.0999 e. The lowest BCUT2D eigenvalue weighted by Crippen LogP contribution is -2.25. The second-order valence-electron chi connectivity index (χ2n) is 7.63. The van der Waals surface area contributed by atoms with Crippen LogP contribution in [-0.2, 0) is 0 Å². The van der Waals surface area contributed by atoms with E-state index in [4.69, 9.17) is 0 Å². The van der Waals surface area contributed by atoms with Crippen LogP contribution < -0.4 is 0 Å². The fourth-order valence-electron chi connectivity index (χ4n) is 4.29. The van der Waals surface area contributed by atoms with Gasteiger partial charge in [0.15, 0.2) is 0 Å². The average molecular weight is 272 g/mol. The van der Waals surface area contributed by atoms with Gasteiger partial charge in [0, 0.05) is 0 Å². The molecule has 3 atom stereocenters. The van der Waals surface area contributed by atoms with Gasteiger partial charge in [-0.3, -0.25) is 0 Å². The van der Waals surface area contributed by atoms with Crippen LogP contribution in [0.25, 0.3) is 0 Å². The Morgan fingerprint density at radius 1 is 1.15 bits per heavy atom. The molecule has 0 radical (unpaired) electrons. The van der Waals surface area contributed by atoms with E-state index in [1.807, 2.05) is 0 Å². The highest BCUT2D eigenvalue weighted by atomic mass is 14.5. The smallest absolute Gasteiger partial charge is 0.0175 e. The van der Waals surface area contributed by atoms with Crippen LogP contribution in [-0.4, -0.2) is 0 Å². The second kappa shape index (κ2) is 6.33. The van der Waals surface area contributed by atoms with Crippen molar-refractivity contribution < 1.29 is 0 Å². The zero-order valence-corrected chi connectivity index (χ0v) is 14.0. The standard InChI is InChI=1S/C20H32/c1-15(2)18-12-14-20(5)13-11-17(4)8-6-7-16(3)9-10-19(18)20/h7,11,18-19H,1,6,8-10,12-14H2,2-5H3/b16-7-,17-11-/t18-,19-,20+/m1/s1. The van der Waals surface area contributed by atoms with Crippen LogP contribution in [0.3, 0.4) is 0 Å². The highest BCUT2D eigenvalue weighted by molar-refractivity contribution is 5.13. The predicted molar refractivity (Wildman–Crippen MR) is 89.7 cm³/mol. The molecule has 20 heavy (non-hydrogen) atoms. The minimum absolute atomic E-state index is 0.496. The van der Waals surface area contributed by atoms with Crippen LogP contribution in [0.4, 0.5) is 0 Å². The number of fused-ring (bicyclic) bond motifs is 1. The zero-order chi connectivity index (χ0) is 14.8. The molecule has 1 saturated carbocycles. The molecule has 2 rings (SSSR count). The Bertz CT molecular complexity index is 423. The highest BCUT2D eigenvalue weighted by Gasteiger charge is 2.43. The molecule has 1 fully saturated rings. The largest absolute Gasteiger partial charge is 0.0999 e. The highest BCUT2D eigenvalue weighted by Crippen LogP contribution is 2.53. The fourth-order valence-corrected chi connectivity index (χ4v) is 4.29. The summed E-state index contributed by atoms with van der Waals surface area (Å²) in [6, 6.07) is 0. The Morgan fingerprint density at radius 2 is 1.85 bits per heavy atom. The normalized spacial score (nSPS) is 40.8. The lowest BCUT2D eigenvalue weighted by atomic mass is 9.70. The maximum Gasteiger partial charge on any atom is -0.0175 e. The molecule has 0 aliphatic heterocycles. The van der Waals surface area contributed by atoms with Gasteiger partial charge >= 0.3 is 0 Å². The van der Waals surface area contributed by atoms with Crippen molar-refractivity contribution in [3.8, 4) is 0 Å². The van der Waals surface area contributed by atoms with Gasteiger partial charge in [0.2, 0.25) is 0 Å². The molecule has 0 aromatic heterocycles. The summed E-state index contributed by atoms with van der Waals surface area (Å²) in [7, 11) is 0. The number of hydrogen-bond donors (Lipinski definition) is 0. The van der Waals surface area contributed by atoms with Gasteiger partial charge in [0.05, 0.1) is 0 Å². The Labute approximate surface area is 126 Å². The lowest BCUT2D eigenvalue weighted by Gasteiger charge is -2.34. The molecule has 2 aliphatic rings. The van der Waals surface area contributed by atoms with Gasteiger partial charge in [-0.25, -0.2) is 0 Å². The molecule has 0 heterocycles. The van der Waals surface area contributed by atoms with Crippen LogP contribution >= 0.6 is 0 Å². The van der Waals surface area contributed by atoms with Crippen LogP contribution in [0.15, 0.2) is 35.5 Å². The van der Waals surface area contributed by atoms with E-state index < -0.39 is 0 Å². The van der Waals surface area contributed by atoms with E-state index in [-0.39, 0.29) is 0 Å². The van der Waals surface area contributed by atoms with Crippen molar-refractivity contribution >= 4 is 0 Å². The van der Waals surface area contributed by atoms with Crippen LogP contribution in [0.1, 0.15) is 72.6 Å². The Balaban J connectivity index is 2.26. The van der Waals surface area contributed by atoms with Gasteiger partial charge in [-0.1, -0.05) is 42.4 Å². The molecule has 0 nitrogen and oxygen atoms in total. The van der Waals surface area contributed by atoms with Crippen molar-refractivity contribution in [1.29, 1.82) is 0 Å². The van der Waals surface area contributed by atoms with Crippen molar-refractivity contribution in [2.75, 3.05) is 0 Å². The maximum atomic E-state index is 4.28. The number of rotatable bonds is 1. The first-order chi connectivity index (χ1) is 9.42. The molecular weight excluding hydrogens is 240 g/mol. The number of hydrogen-bond acceptors (Lipinski definition) is 0. The number of allylic oxidation sites excluding steroid dienone is 5. The molecule has 112 valence electrons. The fraction of sp³-hybridized carbons (Fsp3) is 0.700. The third-order valence-corrected chi connectivity index (χ3v) is 5.84. The van der Waals surface area contributed by atoms with Crippen molar-refractivity contribution in [1.82, 2.24) is 0 Å². The monoisotopic (exact) mass is 272 g/mol. The first-order valence-corrected chi connectivity index (χ1v) is 8.39. The summed E-state index contributed by atoms with van der Waals surface area (Å²) < 4.78 is 0. The van der Waals surface area contributed by atoms with E-state index in [0.717, 1.165) is 11.8 Å². The summed E-state index contributed by atoms with van der Waals surface area (Å²) in [5.74, 6) is 1.58. The summed E-state index contributed by atoms with van der Waals surface area (Å²) in [6.45, 7) is 13.7. The van der Waals surface area contributed by atoms with Gasteiger partial charge in [-0.15, -0.1) is 0 Å². The first-order valence-electron chi connectivity index (χ1n) is 8.39. The van der Waals surface area contributed by atoms with Gasteiger partial charge in [0.25, 0.3) is 0 Å². The van der Waals surface area contributed by atoms with Crippen molar-refractivity contribution in [2.45, 2.75) is 72.6 Å². The maximum absolute atomic E-state index is 4.28. The van der Waals surface area contributed by atoms with E-state index in [1.54, 1.807) is 11.1 Å². The molecule has 0 spiro atoms. The average Bonchev–Trinajstić information content (AvgIpc) is 2.70. The predicted octanol–water partition coefficient (Wildman–Crippen LogP) is 6.45.